The Labute approximate surface area is 150 Å². The third-order valence-corrected chi connectivity index (χ3v) is 6.04. The van der Waals surface area contributed by atoms with E-state index < -0.39 is 10.8 Å². The molecule has 0 amide bonds. The smallest absolute Gasteiger partial charge is 0.137 e. The van der Waals surface area contributed by atoms with Gasteiger partial charge in [0, 0.05) is 53.6 Å². The van der Waals surface area contributed by atoms with Crippen LogP contribution in [0, 0.1) is 0 Å². The van der Waals surface area contributed by atoms with Crippen LogP contribution in [0.1, 0.15) is 12.0 Å². The second-order valence-corrected chi connectivity index (χ2v) is 7.82. The van der Waals surface area contributed by atoms with Crippen molar-refractivity contribution in [2.75, 3.05) is 25.4 Å². The zero-order valence-electron chi connectivity index (χ0n) is 14.0. The molecule has 0 saturated heterocycles. The third kappa shape index (κ3) is 3.57. The van der Waals surface area contributed by atoms with E-state index in [1.54, 1.807) is 0 Å². The Morgan fingerprint density at radius 2 is 2.04 bits per heavy atom. The van der Waals surface area contributed by atoms with Crippen molar-refractivity contribution in [1.29, 1.82) is 0 Å². The Balaban J connectivity index is 1.38. The lowest BCUT2D eigenvalue weighted by Crippen LogP contribution is -2.32. The van der Waals surface area contributed by atoms with Crippen molar-refractivity contribution in [2.45, 2.75) is 11.3 Å². The summed E-state index contributed by atoms with van der Waals surface area (Å²) in [4.78, 5) is 10.9. The SMILES string of the molecule is O=S(CCN1CC=C(c2c[nH]c3ncccc23)CC1)c1ccccc1. The number of nitrogens with zero attached hydrogens (tertiary/aromatic N) is 2. The van der Waals surface area contributed by atoms with Crippen molar-refractivity contribution in [1.82, 2.24) is 14.9 Å². The van der Waals surface area contributed by atoms with Crippen molar-refractivity contribution in [3.63, 3.8) is 0 Å². The lowest BCUT2D eigenvalue weighted by Gasteiger charge is -2.26. The van der Waals surface area contributed by atoms with Gasteiger partial charge in [-0.05, 0) is 36.3 Å². The first kappa shape index (κ1) is 16.2. The normalized spacial score (nSPS) is 16.7. The molecule has 25 heavy (non-hydrogen) atoms. The maximum atomic E-state index is 12.3. The fourth-order valence-corrected chi connectivity index (χ4v) is 4.40. The zero-order chi connectivity index (χ0) is 17.1. The van der Waals surface area contributed by atoms with Crippen molar-refractivity contribution in [3.05, 3.63) is 66.5 Å². The van der Waals surface area contributed by atoms with Crippen LogP contribution in [0.3, 0.4) is 0 Å². The average molecular weight is 351 g/mol. The number of nitrogens with one attached hydrogen (secondary N) is 1. The van der Waals surface area contributed by atoms with Gasteiger partial charge in [0.2, 0.25) is 0 Å². The van der Waals surface area contributed by atoms with Crippen LogP contribution in [0.25, 0.3) is 16.6 Å². The van der Waals surface area contributed by atoms with E-state index in [-0.39, 0.29) is 0 Å². The highest BCUT2D eigenvalue weighted by Crippen LogP contribution is 2.28. The van der Waals surface area contributed by atoms with Gasteiger partial charge in [-0.1, -0.05) is 24.3 Å². The van der Waals surface area contributed by atoms with Gasteiger partial charge in [-0.15, -0.1) is 0 Å². The van der Waals surface area contributed by atoms with Gasteiger partial charge in [0.25, 0.3) is 0 Å². The molecule has 2 aromatic heterocycles. The van der Waals surface area contributed by atoms with Gasteiger partial charge >= 0.3 is 0 Å². The average Bonchev–Trinajstić information content (AvgIpc) is 3.11. The fourth-order valence-electron chi connectivity index (χ4n) is 3.28. The number of pyridine rings is 1. The highest BCUT2D eigenvalue weighted by atomic mass is 32.2. The first-order valence-corrected chi connectivity index (χ1v) is 9.90. The number of hydrogen-bond donors (Lipinski definition) is 1. The van der Waals surface area contributed by atoms with Gasteiger partial charge in [0.05, 0.1) is 10.8 Å². The number of hydrogen-bond acceptors (Lipinski definition) is 3. The minimum absolute atomic E-state index is 0.685. The molecule has 3 heterocycles. The molecular weight excluding hydrogens is 330 g/mol. The molecule has 0 fully saturated rings. The van der Waals surface area contributed by atoms with Gasteiger partial charge in [0.15, 0.2) is 0 Å². The van der Waals surface area contributed by atoms with Gasteiger partial charge in [-0.2, -0.15) is 0 Å². The van der Waals surface area contributed by atoms with Crippen LogP contribution in [0.5, 0.6) is 0 Å². The predicted molar refractivity (Wildman–Crippen MR) is 103 cm³/mol. The highest BCUT2D eigenvalue weighted by Gasteiger charge is 2.16. The van der Waals surface area contributed by atoms with Crippen LogP contribution in [0.4, 0.5) is 0 Å². The molecule has 1 aromatic carbocycles. The number of rotatable bonds is 5. The van der Waals surface area contributed by atoms with Crippen molar-refractivity contribution >= 4 is 27.4 Å². The summed E-state index contributed by atoms with van der Waals surface area (Å²) >= 11 is 0. The Kier molecular flexibility index (Phi) is 4.76. The van der Waals surface area contributed by atoms with Crippen LogP contribution in [-0.2, 0) is 10.8 Å². The largest absolute Gasteiger partial charge is 0.346 e. The molecule has 0 aliphatic carbocycles. The maximum absolute atomic E-state index is 12.3. The summed E-state index contributed by atoms with van der Waals surface area (Å²) in [6, 6.07) is 13.8. The fraction of sp³-hybridized carbons (Fsp3) is 0.250. The number of aromatic amines is 1. The van der Waals surface area contributed by atoms with Crippen LogP contribution in [-0.4, -0.2) is 44.5 Å². The summed E-state index contributed by atoms with van der Waals surface area (Å²) in [5.41, 5.74) is 3.58. The van der Waals surface area contributed by atoms with Gasteiger partial charge in [-0.3, -0.25) is 9.11 Å². The minimum atomic E-state index is -0.918. The summed E-state index contributed by atoms with van der Waals surface area (Å²) in [5.74, 6) is 0.685. The lowest BCUT2D eigenvalue weighted by molar-refractivity contribution is 0.320. The molecule has 0 radical (unpaired) electrons. The molecular formula is C20H21N3OS. The molecule has 0 bridgehead atoms. The Hall–Kier alpha value is -2.24. The molecule has 0 saturated carbocycles. The summed E-state index contributed by atoms with van der Waals surface area (Å²) in [5, 5.41) is 1.19. The van der Waals surface area contributed by atoms with E-state index in [1.807, 2.05) is 42.6 Å². The second kappa shape index (κ2) is 7.33. The highest BCUT2D eigenvalue weighted by molar-refractivity contribution is 7.85. The molecule has 1 aliphatic heterocycles. The van der Waals surface area contributed by atoms with E-state index in [0.29, 0.717) is 5.75 Å². The molecule has 4 rings (SSSR count). The second-order valence-electron chi connectivity index (χ2n) is 6.24. The lowest BCUT2D eigenvalue weighted by atomic mass is 10.00. The van der Waals surface area contributed by atoms with E-state index in [4.69, 9.17) is 0 Å². The Morgan fingerprint density at radius 1 is 1.16 bits per heavy atom. The molecule has 1 atom stereocenters. The predicted octanol–water partition coefficient (Wildman–Crippen LogP) is 3.46. The van der Waals surface area contributed by atoms with E-state index in [9.17, 15) is 4.21 Å². The van der Waals surface area contributed by atoms with Crippen LogP contribution in [0.15, 0.2) is 65.8 Å². The van der Waals surface area contributed by atoms with E-state index in [0.717, 1.165) is 36.6 Å². The first-order chi connectivity index (χ1) is 12.3. The number of H-pyrrole nitrogens is 1. The third-order valence-electron chi connectivity index (χ3n) is 4.69. The van der Waals surface area contributed by atoms with Crippen molar-refractivity contribution in [3.8, 4) is 0 Å². The topological polar surface area (TPSA) is 49.0 Å². The summed E-state index contributed by atoms with van der Waals surface area (Å²) in [7, 11) is -0.918. The number of aromatic nitrogens is 2. The van der Waals surface area contributed by atoms with Crippen LogP contribution < -0.4 is 0 Å². The van der Waals surface area contributed by atoms with E-state index in [2.05, 4.69) is 33.2 Å². The quantitative estimate of drug-likeness (QED) is 0.766. The Morgan fingerprint density at radius 3 is 2.84 bits per heavy atom. The van der Waals surface area contributed by atoms with Crippen molar-refractivity contribution in [2.24, 2.45) is 0 Å². The monoisotopic (exact) mass is 351 g/mol. The molecule has 3 aromatic rings. The molecule has 128 valence electrons. The molecule has 1 unspecified atom stereocenters. The summed E-state index contributed by atoms with van der Waals surface area (Å²) in [6.07, 6.45) is 7.18. The molecule has 4 nitrogen and oxygen atoms in total. The molecule has 0 spiro atoms. The first-order valence-electron chi connectivity index (χ1n) is 8.58. The standard InChI is InChI=1S/C20H21N3OS/c24-25(17-5-2-1-3-6-17)14-13-23-11-8-16(9-12-23)19-15-22-20-18(19)7-4-10-21-20/h1-8,10,15H,9,11-14H2,(H,21,22). The van der Waals surface area contributed by atoms with Crippen LogP contribution >= 0.6 is 0 Å². The summed E-state index contributed by atoms with van der Waals surface area (Å²) < 4.78 is 12.3. The van der Waals surface area contributed by atoms with E-state index in [1.165, 1.54) is 16.5 Å². The number of benzene rings is 1. The summed E-state index contributed by atoms with van der Waals surface area (Å²) in [6.45, 7) is 2.78. The minimum Gasteiger partial charge on any atom is -0.346 e. The molecule has 1 aliphatic rings. The van der Waals surface area contributed by atoms with Crippen molar-refractivity contribution < 1.29 is 4.21 Å². The zero-order valence-corrected chi connectivity index (χ0v) is 14.8. The van der Waals surface area contributed by atoms with Gasteiger partial charge < -0.3 is 4.98 Å². The van der Waals surface area contributed by atoms with Crippen LogP contribution in [0.2, 0.25) is 0 Å². The van der Waals surface area contributed by atoms with Gasteiger partial charge in [0.1, 0.15) is 5.65 Å². The molecule has 1 N–H and O–H groups in total. The number of fused-ring (bicyclic) bond motifs is 1. The Bertz CT molecular complexity index is 917. The van der Waals surface area contributed by atoms with E-state index >= 15 is 0 Å². The van der Waals surface area contributed by atoms with Gasteiger partial charge in [-0.25, -0.2) is 4.98 Å². The maximum Gasteiger partial charge on any atom is 0.137 e. The molecule has 5 heteroatoms.